The fraction of sp³-hybridized carbons (Fsp3) is 0.382. The summed E-state index contributed by atoms with van der Waals surface area (Å²) in [5.74, 6) is -0.373. The molecule has 0 spiro atoms. The topological polar surface area (TPSA) is 98.5 Å². The van der Waals surface area contributed by atoms with E-state index in [1.165, 1.54) is 6.08 Å². The molecule has 230 valence electrons. The number of nitrogens with zero attached hydrogens (tertiary/aromatic N) is 7. The van der Waals surface area contributed by atoms with Crippen molar-refractivity contribution in [2.75, 3.05) is 44.7 Å². The smallest absolute Gasteiger partial charge is 0.319 e. The molecule has 1 amide bonds. The molecule has 0 saturated carbocycles. The number of halogens is 2. The van der Waals surface area contributed by atoms with Crippen molar-refractivity contribution in [2.45, 2.75) is 43.4 Å². The summed E-state index contributed by atoms with van der Waals surface area (Å²) >= 11 is 0. The molecule has 2 aromatic heterocycles. The molecule has 45 heavy (non-hydrogen) atoms. The molecule has 3 fully saturated rings. The van der Waals surface area contributed by atoms with Gasteiger partial charge in [0.05, 0.1) is 22.6 Å². The van der Waals surface area contributed by atoms with Crippen molar-refractivity contribution in [3.63, 3.8) is 0 Å². The van der Waals surface area contributed by atoms with E-state index >= 15 is 4.39 Å². The molecular formula is C34H33F2N7O2. The van der Waals surface area contributed by atoms with Crippen LogP contribution in [-0.4, -0.2) is 88.2 Å². The van der Waals surface area contributed by atoms with E-state index < -0.39 is 17.5 Å². The third-order valence-corrected chi connectivity index (χ3v) is 9.69. The highest BCUT2D eigenvalue weighted by Gasteiger charge is 2.49. The minimum Gasteiger partial charge on any atom is -0.461 e. The summed E-state index contributed by atoms with van der Waals surface area (Å²) in [5.41, 5.74) is 0.564. The summed E-state index contributed by atoms with van der Waals surface area (Å²) in [6.45, 7) is 6.02. The van der Waals surface area contributed by atoms with Crippen molar-refractivity contribution >= 4 is 33.4 Å². The first-order chi connectivity index (χ1) is 21.8. The van der Waals surface area contributed by atoms with E-state index in [0.717, 1.165) is 24.8 Å². The molecule has 3 atom stereocenters. The molecule has 0 unspecified atom stereocenters. The molecule has 3 aliphatic rings. The number of alkyl halides is 1. The van der Waals surface area contributed by atoms with Crippen molar-refractivity contribution in [1.29, 1.82) is 5.26 Å². The fourth-order valence-corrected chi connectivity index (χ4v) is 7.38. The second-order valence-corrected chi connectivity index (χ2v) is 12.2. The predicted molar refractivity (Wildman–Crippen MR) is 167 cm³/mol. The van der Waals surface area contributed by atoms with Crippen LogP contribution in [0.25, 0.3) is 32.9 Å². The molecule has 3 aliphatic heterocycles. The summed E-state index contributed by atoms with van der Waals surface area (Å²) in [5, 5.41) is 11.6. The Hall–Kier alpha value is -4.69. The maximum Gasteiger partial charge on any atom is 0.319 e. The van der Waals surface area contributed by atoms with Crippen LogP contribution in [0.4, 0.5) is 14.6 Å². The lowest BCUT2D eigenvalue weighted by Crippen LogP contribution is -2.43. The number of likely N-dealkylation sites (N-methyl/N-ethyl adjacent to an activating group) is 1. The first-order valence-corrected chi connectivity index (χ1v) is 15.3. The number of anilines is 1. The Bertz CT molecular complexity index is 1870. The van der Waals surface area contributed by atoms with E-state index in [2.05, 4.69) is 27.5 Å². The number of benzene rings is 2. The highest BCUT2D eigenvalue weighted by molar-refractivity contribution is 6.01. The number of aromatic nitrogens is 3. The van der Waals surface area contributed by atoms with Crippen LogP contribution in [0.2, 0.25) is 0 Å². The van der Waals surface area contributed by atoms with E-state index in [1.807, 2.05) is 24.1 Å². The molecular weight excluding hydrogens is 576 g/mol. The Morgan fingerprint density at radius 2 is 2.07 bits per heavy atom. The van der Waals surface area contributed by atoms with Crippen LogP contribution in [0, 0.1) is 17.1 Å². The number of ether oxygens (including phenoxy) is 1. The normalized spacial score (nSPS) is 22.9. The fourth-order valence-electron chi connectivity index (χ4n) is 7.38. The van der Waals surface area contributed by atoms with Crippen molar-refractivity contribution in [3.8, 4) is 23.3 Å². The van der Waals surface area contributed by atoms with Crippen LogP contribution in [0.1, 0.15) is 31.2 Å². The summed E-state index contributed by atoms with van der Waals surface area (Å²) in [4.78, 5) is 32.0. The SMILES string of the molecule is C=CC(=O)N1CC[C@@H](N(C)c2nc(OC[C@@]34CCCN3C[C@H](F)C4)nc3c(F)c(-c4cccc5cccc(C#N)c45)ncc23)C1. The molecule has 0 aliphatic carbocycles. The summed E-state index contributed by atoms with van der Waals surface area (Å²) in [7, 11) is 1.86. The van der Waals surface area contributed by atoms with Crippen LogP contribution in [0.5, 0.6) is 6.01 Å². The average molecular weight is 610 g/mol. The third kappa shape index (κ3) is 4.93. The largest absolute Gasteiger partial charge is 0.461 e. The second-order valence-electron chi connectivity index (χ2n) is 12.2. The second kappa shape index (κ2) is 11.3. The highest BCUT2D eigenvalue weighted by Crippen LogP contribution is 2.41. The first kappa shape index (κ1) is 29.0. The molecule has 0 radical (unpaired) electrons. The van der Waals surface area contributed by atoms with Crippen molar-refractivity contribution in [2.24, 2.45) is 0 Å². The van der Waals surface area contributed by atoms with Crippen LogP contribution >= 0.6 is 0 Å². The van der Waals surface area contributed by atoms with Crippen LogP contribution in [-0.2, 0) is 4.79 Å². The van der Waals surface area contributed by atoms with Crippen LogP contribution in [0.3, 0.4) is 0 Å². The summed E-state index contributed by atoms with van der Waals surface area (Å²) < 4.78 is 37.4. The standard InChI is InChI=1S/C34H33F2N7O2/c1-3-27(44)42-14-11-24(19-42)41(2)32-26-17-38-30(25-10-5-8-21-7-4-9-22(16-37)28(21)25)29(36)31(26)39-33(40-32)45-20-34-12-6-13-43(34)18-23(35)15-34/h3-5,7-10,17,23-24H,1,6,11-15,18-20H2,2H3/t23-,24-,34+/m1/s1. The van der Waals surface area contributed by atoms with Gasteiger partial charge in [0.15, 0.2) is 5.82 Å². The summed E-state index contributed by atoms with van der Waals surface area (Å²) in [6.07, 6.45) is 4.79. The Balaban J connectivity index is 1.33. The van der Waals surface area contributed by atoms with Crippen molar-refractivity contribution < 1.29 is 18.3 Å². The first-order valence-electron chi connectivity index (χ1n) is 15.3. The number of carbonyl (C=O) groups is 1. The lowest BCUT2D eigenvalue weighted by Gasteiger charge is -2.31. The van der Waals surface area contributed by atoms with Gasteiger partial charge in [0, 0.05) is 56.3 Å². The Kier molecular flexibility index (Phi) is 7.32. The average Bonchev–Trinajstić information content (AvgIpc) is 3.77. The van der Waals surface area contributed by atoms with Crippen LogP contribution < -0.4 is 9.64 Å². The van der Waals surface area contributed by atoms with Gasteiger partial charge in [-0.05, 0) is 43.3 Å². The van der Waals surface area contributed by atoms with Gasteiger partial charge in [0.1, 0.15) is 29.8 Å². The molecule has 9 nitrogen and oxygen atoms in total. The zero-order valence-corrected chi connectivity index (χ0v) is 25.0. The lowest BCUT2D eigenvalue weighted by atomic mass is 9.95. The predicted octanol–water partition coefficient (Wildman–Crippen LogP) is 5.03. The Morgan fingerprint density at radius 1 is 1.24 bits per heavy atom. The van der Waals surface area contributed by atoms with Gasteiger partial charge in [-0.2, -0.15) is 15.2 Å². The van der Waals surface area contributed by atoms with Gasteiger partial charge in [-0.3, -0.25) is 14.7 Å². The Morgan fingerprint density at radius 3 is 2.87 bits per heavy atom. The molecule has 5 heterocycles. The maximum absolute atomic E-state index is 16.7. The molecule has 7 rings (SSSR count). The van der Waals surface area contributed by atoms with Gasteiger partial charge in [0.25, 0.3) is 0 Å². The number of likely N-dealkylation sites (tertiary alicyclic amines) is 1. The number of pyridine rings is 1. The van der Waals surface area contributed by atoms with Crippen LogP contribution in [0.15, 0.2) is 55.3 Å². The monoisotopic (exact) mass is 609 g/mol. The van der Waals surface area contributed by atoms with E-state index in [4.69, 9.17) is 9.72 Å². The van der Waals surface area contributed by atoms with Gasteiger partial charge in [0.2, 0.25) is 5.91 Å². The number of hydrogen-bond donors (Lipinski definition) is 0. The van der Waals surface area contributed by atoms with Gasteiger partial charge >= 0.3 is 6.01 Å². The molecule has 0 N–H and O–H groups in total. The maximum atomic E-state index is 16.7. The number of nitriles is 1. The number of hydrogen-bond acceptors (Lipinski definition) is 8. The van der Waals surface area contributed by atoms with Gasteiger partial charge < -0.3 is 14.5 Å². The minimum atomic E-state index is -0.915. The Labute approximate surface area is 259 Å². The molecule has 11 heteroatoms. The van der Waals surface area contributed by atoms with E-state index in [1.54, 1.807) is 35.4 Å². The lowest BCUT2D eigenvalue weighted by molar-refractivity contribution is -0.125. The van der Waals surface area contributed by atoms with E-state index in [9.17, 15) is 14.4 Å². The van der Waals surface area contributed by atoms with Gasteiger partial charge in [-0.25, -0.2) is 8.78 Å². The summed E-state index contributed by atoms with van der Waals surface area (Å²) in [6, 6.07) is 12.9. The molecule has 3 saturated heterocycles. The highest BCUT2D eigenvalue weighted by atomic mass is 19.1. The van der Waals surface area contributed by atoms with Gasteiger partial charge in [-0.15, -0.1) is 0 Å². The number of fused-ring (bicyclic) bond motifs is 3. The zero-order chi connectivity index (χ0) is 31.3. The van der Waals surface area contributed by atoms with Crippen molar-refractivity contribution in [1.82, 2.24) is 24.8 Å². The number of rotatable bonds is 7. The molecule has 0 bridgehead atoms. The van der Waals surface area contributed by atoms with E-state index in [-0.39, 0.29) is 35.8 Å². The third-order valence-electron chi connectivity index (χ3n) is 9.69. The molecule has 4 aromatic rings. The minimum absolute atomic E-state index is 0.00316. The number of carbonyl (C=O) groups excluding carboxylic acids is 1. The van der Waals surface area contributed by atoms with E-state index in [0.29, 0.717) is 60.2 Å². The number of amides is 1. The quantitative estimate of drug-likeness (QED) is 0.269. The molecule has 2 aromatic carbocycles. The van der Waals surface area contributed by atoms with Gasteiger partial charge in [-0.1, -0.05) is 36.9 Å². The van der Waals surface area contributed by atoms with Crippen molar-refractivity contribution in [3.05, 3.63) is 66.6 Å². The zero-order valence-electron chi connectivity index (χ0n) is 25.0.